The summed E-state index contributed by atoms with van der Waals surface area (Å²) in [6.45, 7) is 3.69. The molecule has 0 bridgehead atoms. The Balaban J connectivity index is 1.93. The number of amides is 2. The van der Waals surface area contributed by atoms with E-state index >= 15 is 0 Å². The molecular formula is C15H17ClF3N3O3S. The summed E-state index contributed by atoms with van der Waals surface area (Å²) in [5.74, 6) is 0. The minimum atomic E-state index is -4.63. The molecule has 0 spiro atoms. The smallest absolute Gasteiger partial charge is 0.335 e. The summed E-state index contributed by atoms with van der Waals surface area (Å²) in [5, 5.41) is 5.35. The van der Waals surface area contributed by atoms with Gasteiger partial charge in [-0.15, -0.1) is 0 Å². The van der Waals surface area contributed by atoms with Gasteiger partial charge in [0.25, 0.3) is 0 Å². The van der Waals surface area contributed by atoms with Crippen LogP contribution in [0.3, 0.4) is 0 Å². The first-order valence-electron chi connectivity index (χ1n) is 7.60. The number of carbonyl (C=O) groups excluding carboxylic acids is 1. The molecule has 6 nitrogen and oxygen atoms in total. The van der Waals surface area contributed by atoms with Crippen LogP contribution in [0, 0.1) is 0 Å². The lowest BCUT2D eigenvalue weighted by Gasteiger charge is -2.30. The molecule has 1 saturated heterocycles. The average Bonchev–Trinajstić information content (AvgIpc) is 2.56. The van der Waals surface area contributed by atoms with E-state index in [1.807, 2.05) is 0 Å². The number of hydrogen-bond acceptors (Lipinski definition) is 3. The molecule has 0 aromatic heterocycles. The maximum Gasteiger partial charge on any atom is 0.417 e. The third kappa shape index (κ3) is 5.12. The van der Waals surface area contributed by atoms with Crippen molar-refractivity contribution >= 4 is 33.3 Å². The summed E-state index contributed by atoms with van der Waals surface area (Å²) in [6.07, 6.45) is -3.86. The van der Waals surface area contributed by atoms with Gasteiger partial charge in [-0.3, -0.25) is 0 Å². The van der Waals surface area contributed by atoms with E-state index in [9.17, 15) is 26.4 Å². The lowest BCUT2D eigenvalue weighted by molar-refractivity contribution is -0.137. The van der Waals surface area contributed by atoms with Gasteiger partial charge in [0, 0.05) is 30.2 Å². The van der Waals surface area contributed by atoms with Gasteiger partial charge in [-0.25, -0.2) is 13.2 Å². The number of anilines is 1. The van der Waals surface area contributed by atoms with Crippen molar-refractivity contribution in [3.63, 3.8) is 0 Å². The summed E-state index contributed by atoms with van der Waals surface area (Å²) in [7, 11) is -3.49. The van der Waals surface area contributed by atoms with Crippen LogP contribution in [-0.2, 0) is 16.2 Å². The van der Waals surface area contributed by atoms with E-state index in [4.69, 9.17) is 11.6 Å². The number of alkyl halides is 3. The highest BCUT2D eigenvalue weighted by molar-refractivity contribution is 7.92. The molecule has 1 aromatic carbocycles. The molecule has 0 radical (unpaired) electrons. The van der Waals surface area contributed by atoms with Crippen molar-refractivity contribution < 1.29 is 26.4 Å². The van der Waals surface area contributed by atoms with Crippen molar-refractivity contribution in [1.29, 1.82) is 0 Å². The van der Waals surface area contributed by atoms with Crippen molar-refractivity contribution in [1.82, 2.24) is 9.62 Å². The molecule has 1 aliphatic rings. The molecule has 1 fully saturated rings. The van der Waals surface area contributed by atoms with Crippen LogP contribution < -0.4 is 10.6 Å². The minimum absolute atomic E-state index is 0.0501. The Morgan fingerprint density at radius 3 is 2.46 bits per heavy atom. The van der Waals surface area contributed by atoms with Gasteiger partial charge in [-0.2, -0.15) is 17.5 Å². The molecular weight excluding hydrogens is 395 g/mol. The highest BCUT2D eigenvalue weighted by atomic mass is 35.5. The first-order valence-corrected chi connectivity index (χ1v) is 9.48. The second-order valence-electron chi connectivity index (χ2n) is 5.68. The predicted molar refractivity (Wildman–Crippen MR) is 92.3 cm³/mol. The van der Waals surface area contributed by atoms with Crippen LogP contribution >= 0.6 is 11.6 Å². The van der Waals surface area contributed by atoms with Crippen molar-refractivity contribution in [2.24, 2.45) is 0 Å². The molecule has 1 aliphatic heterocycles. The molecule has 0 saturated carbocycles. The van der Waals surface area contributed by atoms with Crippen LogP contribution in [0.1, 0.15) is 18.4 Å². The fraction of sp³-hybridized carbons (Fsp3) is 0.400. The SMILES string of the molecule is C=CS(=O)(=O)N1CCC(NC(=O)Nc2ccc(Cl)c(C(F)(F)F)c2)CC1. The maximum atomic E-state index is 12.8. The zero-order valence-electron chi connectivity index (χ0n) is 13.5. The molecule has 2 rings (SSSR count). The van der Waals surface area contributed by atoms with E-state index in [-0.39, 0.29) is 24.8 Å². The van der Waals surface area contributed by atoms with E-state index in [1.165, 1.54) is 10.4 Å². The number of sulfonamides is 1. The number of urea groups is 1. The van der Waals surface area contributed by atoms with Gasteiger partial charge in [-0.05, 0) is 31.0 Å². The minimum Gasteiger partial charge on any atom is -0.335 e. The Morgan fingerprint density at radius 1 is 1.31 bits per heavy atom. The number of rotatable bonds is 4. The van der Waals surface area contributed by atoms with E-state index in [2.05, 4.69) is 17.2 Å². The monoisotopic (exact) mass is 411 g/mol. The predicted octanol–water partition coefficient (Wildman–Crippen LogP) is 3.42. The lowest BCUT2D eigenvalue weighted by atomic mass is 10.1. The highest BCUT2D eigenvalue weighted by Gasteiger charge is 2.33. The number of piperidine rings is 1. The largest absolute Gasteiger partial charge is 0.417 e. The molecule has 2 N–H and O–H groups in total. The third-order valence-electron chi connectivity index (χ3n) is 3.89. The van der Waals surface area contributed by atoms with Gasteiger partial charge in [0.2, 0.25) is 10.0 Å². The zero-order valence-corrected chi connectivity index (χ0v) is 15.1. The van der Waals surface area contributed by atoms with E-state index in [0.29, 0.717) is 12.8 Å². The fourth-order valence-corrected chi connectivity index (χ4v) is 3.69. The first kappa shape index (κ1) is 20.5. The number of nitrogens with zero attached hydrogens (tertiary/aromatic N) is 1. The van der Waals surface area contributed by atoms with Crippen LogP contribution in [0.25, 0.3) is 0 Å². The molecule has 0 unspecified atom stereocenters. The highest BCUT2D eigenvalue weighted by Crippen LogP contribution is 2.36. The van der Waals surface area contributed by atoms with Gasteiger partial charge in [0.1, 0.15) is 0 Å². The second-order valence-corrected chi connectivity index (χ2v) is 7.96. The van der Waals surface area contributed by atoms with Crippen LogP contribution in [-0.4, -0.2) is 37.9 Å². The molecule has 11 heteroatoms. The number of halogens is 4. The molecule has 0 atom stereocenters. The quantitative estimate of drug-likeness (QED) is 0.796. The number of nitrogens with one attached hydrogen (secondary N) is 2. The maximum absolute atomic E-state index is 12.8. The standard InChI is InChI=1S/C15H17ClF3N3O3S/c1-2-26(24,25)22-7-5-10(6-8-22)20-14(23)21-11-3-4-13(16)12(9-11)15(17,18)19/h2-4,9-10H,1,5-8H2,(H2,20,21,23). The molecule has 26 heavy (non-hydrogen) atoms. The van der Waals surface area contributed by atoms with Crippen molar-refractivity contribution in [3.8, 4) is 0 Å². The van der Waals surface area contributed by atoms with Gasteiger partial charge < -0.3 is 10.6 Å². The Morgan fingerprint density at radius 2 is 1.92 bits per heavy atom. The fourth-order valence-electron chi connectivity index (χ4n) is 2.53. The Labute approximate surface area is 154 Å². The van der Waals surface area contributed by atoms with E-state index in [1.54, 1.807) is 0 Å². The topological polar surface area (TPSA) is 78.5 Å². The van der Waals surface area contributed by atoms with Crippen LogP contribution in [0.5, 0.6) is 0 Å². The molecule has 1 heterocycles. The Hall–Kier alpha value is -1.78. The average molecular weight is 412 g/mol. The van der Waals surface area contributed by atoms with Crippen LogP contribution in [0.4, 0.5) is 23.7 Å². The second kappa shape index (κ2) is 7.85. The molecule has 1 aromatic rings. The van der Waals surface area contributed by atoms with Crippen LogP contribution in [0.15, 0.2) is 30.2 Å². The summed E-state index contributed by atoms with van der Waals surface area (Å²) in [4.78, 5) is 12.0. The van der Waals surface area contributed by atoms with Crippen molar-refractivity contribution in [3.05, 3.63) is 40.8 Å². The van der Waals surface area contributed by atoms with Gasteiger partial charge >= 0.3 is 12.2 Å². The summed E-state index contributed by atoms with van der Waals surface area (Å²) >= 11 is 5.53. The lowest BCUT2D eigenvalue weighted by Crippen LogP contribution is -2.47. The summed E-state index contributed by atoms with van der Waals surface area (Å²) in [5.41, 5.74) is -1.09. The number of benzene rings is 1. The Bertz CT molecular complexity index is 791. The summed E-state index contributed by atoms with van der Waals surface area (Å²) < 4.78 is 63.1. The normalized spacial score (nSPS) is 16.9. The van der Waals surface area contributed by atoms with E-state index in [0.717, 1.165) is 17.5 Å². The van der Waals surface area contributed by atoms with Crippen molar-refractivity contribution in [2.75, 3.05) is 18.4 Å². The summed E-state index contributed by atoms with van der Waals surface area (Å²) in [6, 6.07) is 2.10. The van der Waals surface area contributed by atoms with Gasteiger partial charge in [-0.1, -0.05) is 18.2 Å². The number of hydrogen-bond donors (Lipinski definition) is 2. The van der Waals surface area contributed by atoms with Crippen molar-refractivity contribution in [2.45, 2.75) is 25.1 Å². The number of carbonyl (C=O) groups is 1. The van der Waals surface area contributed by atoms with E-state index < -0.39 is 32.8 Å². The first-order chi connectivity index (χ1) is 12.0. The van der Waals surface area contributed by atoms with Gasteiger partial charge in [0.15, 0.2) is 0 Å². The molecule has 2 amide bonds. The Kier molecular flexibility index (Phi) is 6.20. The van der Waals surface area contributed by atoms with Crippen LogP contribution in [0.2, 0.25) is 5.02 Å². The van der Waals surface area contributed by atoms with Gasteiger partial charge in [0.05, 0.1) is 10.6 Å². The molecule has 144 valence electrons. The third-order valence-corrected chi connectivity index (χ3v) is 5.73. The zero-order chi connectivity index (χ0) is 19.5. The molecule has 0 aliphatic carbocycles.